The minimum atomic E-state index is -0.912. The second-order valence-corrected chi connectivity index (χ2v) is 8.24. The molecule has 1 aliphatic heterocycles. The SMILES string of the molecule is CC(C)(Oc1ccc(Cl)cc1)C(=O)N1CCC(COCc2ccccc2)CC1. The maximum absolute atomic E-state index is 12.9. The number of ether oxygens (including phenoxy) is 2. The molecule has 0 atom stereocenters. The molecular weight excluding hydrogens is 374 g/mol. The Morgan fingerprint density at radius 3 is 2.36 bits per heavy atom. The van der Waals surface area contributed by atoms with Crippen molar-refractivity contribution in [1.29, 1.82) is 0 Å². The Labute approximate surface area is 172 Å². The predicted molar refractivity (Wildman–Crippen MR) is 112 cm³/mol. The number of carbonyl (C=O) groups excluding carboxylic acids is 1. The Hall–Kier alpha value is -2.04. The summed E-state index contributed by atoms with van der Waals surface area (Å²) >= 11 is 5.91. The first-order valence-electron chi connectivity index (χ1n) is 9.80. The number of likely N-dealkylation sites (tertiary alicyclic amines) is 1. The molecule has 150 valence electrons. The van der Waals surface area contributed by atoms with Gasteiger partial charge in [-0.3, -0.25) is 4.79 Å². The highest BCUT2D eigenvalue weighted by Crippen LogP contribution is 2.25. The van der Waals surface area contributed by atoms with Crippen LogP contribution in [0.5, 0.6) is 5.75 Å². The topological polar surface area (TPSA) is 38.8 Å². The second-order valence-electron chi connectivity index (χ2n) is 7.80. The van der Waals surface area contributed by atoms with Crippen LogP contribution in [0.4, 0.5) is 0 Å². The highest BCUT2D eigenvalue weighted by Gasteiger charge is 2.36. The molecule has 1 fully saturated rings. The largest absolute Gasteiger partial charge is 0.478 e. The van der Waals surface area contributed by atoms with Crippen molar-refractivity contribution in [3.05, 3.63) is 65.2 Å². The summed E-state index contributed by atoms with van der Waals surface area (Å²) in [5.41, 5.74) is 0.279. The normalized spacial score (nSPS) is 15.5. The van der Waals surface area contributed by atoms with Crippen molar-refractivity contribution in [2.75, 3.05) is 19.7 Å². The molecule has 0 saturated carbocycles. The molecule has 0 N–H and O–H groups in total. The number of benzene rings is 2. The van der Waals surface area contributed by atoms with E-state index in [9.17, 15) is 4.79 Å². The van der Waals surface area contributed by atoms with Gasteiger partial charge in [0.15, 0.2) is 5.60 Å². The Kier molecular flexibility index (Phi) is 6.97. The molecule has 1 aliphatic rings. The average molecular weight is 402 g/mol. The summed E-state index contributed by atoms with van der Waals surface area (Å²) in [6.45, 7) is 6.50. The molecule has 2 aromatic carbocycles. The quantitative estimate of drug-likeness (QED) is 0.658. The molecule has 0 spiro atoms. The van der Waals surface area contributed by atoms with Crippen molar-refractivity contribution < 1.29 is 14.3 Å². The van der Waals surface area contributed by atoms with E-state index in [1.54, 1.807) is 24.3 Å². The van der Waals surface area contributed by atoms with Crippen molar-refractivity contribution in [3.63, 3.8) is 0 Å². The van der Waals surface area contributed by atoms with Gasteiger partial charge in [0, 0.05) is 24.7 Å². The highest BCUT2D eigenvalue weighted by molar-refractivity contribution is 6.30. The van der Waals surface area contributed by atoms with Gasteiger partial charge in [0.2, 0.25) is 0 Å². The molecule has 1 amide bonds. The molecular formula is C23H28ClNO3. The predicted octanol–water partition coefficient (Wildman–Crippen LogP) is 4.95. The van der Waals surface area contributed by atoms with E-state index in [2.05, 4.69) is 12.1 Å². The molecule has 28 heavy (non-hydrogen) atoms. The van der Waals surface area contributed by atoms with Crippen molar-refractivity contribution in [2.24, 2.45) is 5.92 Å². The van der Waals surface area contributed by atoms with Crippen LogP contribution in [-0.4, -0.2) is 36.1 Å². The van der Waals surface area contributed by atoms with E-state index in [1.165, 1.54) is 5.56 Å². The first-order valence-corrected chi connectivity index (χ1v) is 10.2. The molecule has 0 aliphatic carbocycles. The van der Waals surface area contributed by atoms with Gasteiger partial charge in [-0.25, -0.2) is 0 Å². The number of halogens is 1. The van der Waals surface area contributed by atoms with Crippen molar-refractivity contribution in [1.82, 2.24) is 4.90 Å². The van der Waals surface area contributed by atoms with Crippen LogP contribution >= 0.6 is 11.6 Å². The van der Waals surface area contributed by atoms with Crippen LogP contribution in [0, 0.1) is 5.92 Å². The summed E-state index contributed by atoms with van der Waals surface area (Å²) in [7, 11) is 0. The molecule has 1 heterocycles. The fourth-order valence-electron chi connectivity index (χ4n) is 3.44. The average Bonchev–Trinajstić information content (AvgIpc) is 2.70. The maximum atomic E-state index is 12.9. The Balaban J connectivity index is 1.44. The van der Waals surface area contributed by atoms with Gasteiger partial charge >= 0.3 is 0 Å². The first-order chi connectivity index (χ1) is 13.4. The van der Waals surface area contributed by atoms with E-state index in [0.717, 1.165) is 32.5 Å². The fraction of sp³-hybridized carbons (Fsp3) is 0.435. The highest BCUT2D eigenvalue weighted by atomic mass is 35.5. The van der Waals surface area contributed by atoms with Crippen LogP contribution in [0.25, 0.3) is 0 Å². The van der Waals surface area contributed by atoms with Gasteiger partial charge < -0.3 is 14.4 Å². The molecule has 0 bridgehead atoms. The lowest BCUT2D eigenvalue weighted by Crippen LogP contribution is -2.51. The van der Waals surface area contributed by atoms with Crippen molar-refractivity contribution in [2.45, 2.75) is 38.9 Å². The third kappa shape index (κ3) is 5.73. The number of rotatable bonds is 7. The third-order valence-electron chi connectivity index (χ3n) is 5.07. The summed E-state index contributed by atoms with van der Waals surface area (Å²) in [4.78, 5) is 14.8. The van der Waals surface area contributed by atoms with Crippen molar-refractivity contribution in [3.8, 4) is 5.75 Å². The molecule has 3 rings (SSSR count). The Morgan fingerprint density at radius 1 is 1.07 bits per heavy atom. The monoisotopic (exact) mass is 401 g/mol. The Morgan fingerprint density at radius 2 is 1.71 bits per heavy atom. The van der Waals surface area contributed by atoms with E-state index in [4.69, 9.17) is 21.1 Å². The molecule has 0 unspecified atom stereocenters. The van der Waals surface area contributed by atoms with Gasteiger partial charge in [-0.2, -0.15) is 0 Å². The van der Waals surface area contributed by atoms with Crippen LogP contribution < -0.4 is 4.74 Å². The van der Waals surface area contributed by atoms with Gasteiger partial charge in [-0.15, -0.1) is 0 Å². The number of piperidine rings is 1. The summed E-state index contributed by atoms with van der Waals surface area (Å²) in [5, 5.41) is 0.646. The van der Waals surface area contributed by atoms with Gasteiger partial charge in [0.25, 0.3) is 5.91 Å². The Bertz CT molecular complexity index is 753. The third-order valence-corrected chi connectivity index (χ3v) is 5.32. The molecule has 0 aromatic heterocycles. The lowest BCUT2D eigenvalue weighted by atomic mass is 9.96. The van der Waals surface area contributed by atoms with Crippen LogP contribution in [0.1, 0.15) is 32.3 Å². The lowest BCUT2D eigenvalue weighted by molar-refractivity contribution is -0.147. The van der Waals surface area contributed by atoms with Crippen LogP contribution in [0.2, 0.25) is 5.02 Å². The van der Waals surface area contributed by atoms with Crippen molar-refractivity contribution >= 4 is 17.5 Å². The van der Waals surface area contributed by atoms with Gasteiger partial charge in [0.05, 0.1) is 6.61 Å². The van der Waals surface area contributed by atoms with Gasteiger partial charge in [-0.1, -0.05) is 41.9 Å². The molecule has 2 aromatic rings. The first kappa shape index (κ1) is 20.7. The zero-order valence-corrected chi connectivity index (χ0v) is 17.3. The zero-order valence-electron chi connectivity index (χ0n) is 16.6. The van der Waals surface area contributed by atoms with E-state index < -0.39 is 5.60 Å². The number of amides is 1. The standard InChI is InChI=1S/C23H28ClNO3/c1-23(2,28-21-10-8-20(24)9-11-21)22(26)25-14-12-19(13-15-25)17-27-16-18-6-4-3-5-7-18/h3-11,19H,12-17H2,1-2H3. The van der Waals surface area contributed by atoms with Crippen LogP contribution in [-0.2, 0) is 16.1 Å². The molecule has 0 radical (unpaired) electrons. The summed E-state index contributed by atoms with van der Waals surface area (Å²) < 4.78 is 11.8. The van der Waals surface area contributed by atoms with E-state index in [0.29, 0.717) is 23.3 Å². The van der Waals surface area contributed by atoms with Gasteiger partial charge in [0.1, 0.15) is 5.75 Å². The fourth-order valence-corrected chi connectivity index (χ4v) is 3.57. The molecule has 5 heteroatoms. The second kappa shape index (κ2) is 9.44. The summed E-state index contributed by atoms with van der Waals surface area (Å²) in [6.07, 6.45) is 1.91. The minimum absolute atomic E-state index is 0.0195. The summed E-state index contributed by atoms with van der Waals surface area (Å²) in [5.74, 6) is 1.16. The van der Waals surface area contributed by atoms with E-state index in [1.807, 2.05) is 36.9 Å². The molecule has 1 saturated heterocycles. The number of hydrogen-bond acceptors (Lipinski definition) is 3. The van der Waals surface area contributed by atoms with Crippen LogP contribution in [0.15, 0.2) is 54.6 Å². The lowest BCUT2D eigenvalue weighted by Gasteiger charge is -2.37. The van der Waals surface area contributed by atoms with Crippen LogP contribution in [0.3, 0.4) is 0 Å². The number of nitrogens with zero attached hydrogens (tertiary/aromatic N) is 1. The molecule has 4 nitrogen and oxygen atoms in total. The van der Waals surface area contributed by atoms with E-state index in [-0.39, 0.29) is 5.91 Å². The van der Waals surface area contributed by atoms with Gasteiger partial charge in [-0.05, 0) is 62.4 Å². The summed E-state index contributed by atoms with van der Waals surface area (Å²) in [6, 6.07) is 17.3. The smallest absolute Gasteiger partial charge is 0.266 e. The number of hydrogen-bond donors (Lipinski definition) is 0. The maximum Gasteiger partial charge on any atom is 0.266 e. The number of carbonyl (C=O) groups is 1. The minimum Gasteiger partial charge on any atom is -0.478 e. The van der Waals surface area contributed by atoms with E-state index >= 15 is 0 Å². The zero-order chi connectivity index (χ0) is 20.0.